The number of rotatable bonds is 0. The number of H-pyrrole nitrogens is 1. The fraction of sp³-hybridized carbons (Fsp3) is 0. The van der Waals surface area contributed by atoms with Gasteiger partial charge in [-0.15, -0.1) is 0 Å². The Morgan fingerprint density at radius 3 is 2.78 bits per heavy atom. The van der Waals surface area contributed by atoms with Gasteiger partial charge < -0.3 is 9.40 Å². The van der Waals surface area contributed by atoms with E-state index < -0.39 is 11.2 Å². The number of hydrogen-bond donors (Lipinski definition) is 1. The molecule has 0 unspecified atom stereocenters. The highest BCUT2D eigenvalue weighted by Gasteiger charge is 2.14. The topological polar surface area (TPSA) is 76.0 Å². The zero-order valence-corrected chi connectivity index (χ0v) is 10.2. The molecule has 0 amide bonds. The van der Waals surface area contributed by atoms with Gasteiger partial charge in [0.25, 0.3) is 5.56 Å². The van der Waals surface area contributed by atoms with Crippen LogP contribution < -0.4 is 11.2 Å². The molecule has 0 atom stereocenters. The molecule has 1 aromatic carbocycles. The molecule has 7 heteroatoms. The summed E-state index contributed by atoms with van der Waals surface area (Å²) in [7, 11) is 0. The van der Waals surface area contributed by atoms with E-state index in [9.17, 15) is 9.59 Å². The van der Waals surface area contributed by atoms with Gasteiger partial charge in [0.15, 0.2) is 11.0 Å². The predicted molar refractivity (Wildman–Crippen MR) is 68.4 cm³/mol. The van der Waals surface area contributed by atoms with Gasteiger partial charge >= 0.3 is 5.63 Å². The van der Waals surface area contributed by atoms with Crippen LogP contribution in [0.5, 0.6) is 0 Å². The summed E-state index contributed by atoms with van der Waals surface area (Å²) in [6, 6.07) is 2.99. The molecular formula is C11H4Cl2N2O3. The standard InChI is InChI=1S/C11H4Cl2N2O3/c12-4-1-5-8-7(10(16)15-3-14-8)11(17)18-9(5)6(13)2-4/h1-3H,(H,14,15,16). The highest BCUT2D eigenvalue weighted by molar-refractivity contribution is 6.38. The zero-order chi connectivity index (χ0) is 12.9. The molecular weight excluding hydrogens is 279 g/mol. The number of hydrogen-bond acceptors (Lipinski definition) is 4. The van der Waals surface area contributed by atoms with Crippen molar-refractivity contribution in [2.45, 2.75) is 0 Å². The van der Waals surface area contributed by atoms with E-state index in [2.05, 4.69) is 9.97 Å². The van der Waals surface area contributed by atoms with Crippen molar-refractivity contribution in [2.24, 2.45) is 0 Å². The van der Waals surface area contributed by atoms with E-state index in [4.69, 9.17) is 27.6 Å². The summed E-state index contributed by atoms with van der Waals surface area (Å²) in [6.07, 6.45) is 1.21. The Morgan fingerprint density at radius 2 is 2.00 bits per heavy atom. The van der Waals surface area contributed by atoms with Crippen LogP contribution in [0.4, 0.5) is 0 Å². The van der Waals surface area contributed by atoms with Crippen molar-refractivity contribution in [3.63, 3.8) is 0 Å². The minimum atomic E-state index is -0.781. The van der Waals surface area contributed by atoms with Gasteiger partial charge in [-0.3, -0.25) is 4.79 Å². The molecule has 0 saturated heterocycles. The first-order valence-corrected chi connectivity index (χ1v) is 5.63. The largest absolute Gasteiger partial charge is 0.420 e. The van der Waals surface area contributed by atoms with E-state index in [0.717, 1.165) is 0 Å². The summed E-state index contributed by atoms with van der Waals surface area (Å²) in [5, 5.41) is 0.833. The van der Waals surface area contributed by atoms with E-state index in [1.165, 1.54) is 12.4 Å². The van der Waals surface area contributed by atoms with Crippen molar-refractivity contribution in [2.75, 3.05) is 0 Å². The Kier molecular flexibility index (Phi) is 2.39. The van der Waals surface area contributed by atoms with Crippen LogP contribution in [0.2, 0.25) is 10.0 Å². The van der Waals surface area contributed by atoms with Crippen LogP contribution in [-0.4, -0.2) is 9.97 Å². The lowest BCUT2D eigenvalue weighted by atomic mass is 10.2. The van der Waals surface area contributed by atoms with Crippen molar-refractivity contribution >= 4 is 45.1 Å². The molecule has 18 heavy (non-hydrogen) atoms. The minimum Gasteiger partial charge on any atom is -0.420 e. The van der Waals surface area contributed by atoms with Crippen LogP contribution in [0.15, 0.2) is 32.5 Å². The molecule has 90 valence electrons. The van der Waals surface area contributed by atoms with Gasteiger partial charge in [0.05, 0.1) is 16.9 Å². The molecule has 0 radical (unpaired) electrons. The highest BCUT2D eigenvalue weighted by atomic mass is 35.5. The first kappa shape index (κ1) is 11.3. The molecule has 0 bridgehead atoms. The predicted octanol–water partition coefficient (Wildman–Crippen LogP) is 2.34. The number of aromatic nitrogens is 2. The summed E-state index contributed by atoms with van der Waals surface area (Å²) >= 11 is 11.8. The van der Waals surface area contributed by atoms with E-state index in [1.54, 1.807) is 6.07 Å². The van der Waals surface area contributed by atoms with Gasteiger partial charge in [0.2, 0.25) is 0 Å². The van der Waals surface area contributed by atoms with Gasteiger partial charge in [-0.1, -0.05) is 23.2 Å². The third-order valence-corrected chi connectivity index (χ3v) is 3.01. The second-order valence-electron chi connectivity index (χ2n) is 3.61. The number of halogens is 2. The molecule has 1 N–H and O–H groups in total. The number of nitrogens with zero attached hydrogens (tertiary/aromatic N) is 1. The van der Waals surface area contributed by atoms with Crippen molar-refractivity contribution in [3.8, 4) is 0 Å². The van der Waals surface area contributed by atoms with Crippen molar-refractivity contribution < 1.29 is 4.42 Å². The third kappa shape index (κ3) is 1.52. The SMILES string of the molecule is O=c1[nH]cnc2c1c(=O)oc1c(Cl)cc(Cl)cc12. The van der Waals surface area contributed by atoms with Crippen LogP contribution >= 0.6 is 23.2 Å². The maximum atomic E-state index is 11.7. The lowest BCUT2D eigenvalue weighted by Crippen LogP contribution is -2.16. The molecule has 0 aliphatic carbocycles. The van der Waals surface area contributed by atoms with Crippen molar-refractivity contribution in [3.05, 3.63) is 49.3 Å². The Hall–Kier alpha value is -1.85. The summed E-state index contributed by atoms with van der Waals surface area (Å²) in [5.41, 5.74) is -0.964. The fourth-order valence-corrected chi connectivity index (χ4v) is 2.31. The summed E-state index contributed by atoms with van der Waals surface area (Å²) < 4.78 is 5.04. The monoisotopic (exact) mass is 282 g/mol. The third-order valence-electron chi connectivity index (χ3n) is 2.52. The van der Waals surface area contributed by atoms with Crippen LogP contribution in [0.25, 0.3) is 21.9 Å². The first-order chi connectivity index (χ1) is 8.58. The van der Waals surface area contributed by atoms with Crippen molar-refractivity contribution in [1.29, 1.82) is 0 Å². The molecule has 5 nitrogen and oxygen atoms in total. The molecule has 2 heterocycles. The second-order valence-corrected chi connectivity index (χ2v) is 4.45. The Labute approximate surface area is 109 Å². The molecule has 0 spiro atoms. The van der Waals surface area contributed by atoms with Gasteiger partial charge in [0, 0.05) is 10.4 Å². The van der Waals surface area contributed by atoms with E-state index >= 15 is 0 Å². The maximum absolute atomic E-state index is 11.7. The average molecular weight is 283 g/mol. The fourth-order valence-electron chi connectivity index (χ4n) is 1.78. The smallest absolute Gasteiger partial charge is 0.351 e. The number of fused-ring (bicyclic) bond motifs is 3. The van der Waals surface area contributed by atoms with E-state index in [-0.39, 0.29) is 21.5 Å². The highest BCUT2D eigenvalue weighted by Crippen LogP contribution is 2.29. The first-order valence-electron chi connectivity index (χ1n) is 4.87. The normalized spacial score (nSPS) is 11.2. The second kappa shape index (κ2) is 3.83. The van der Waals surface area contributed by atoms with Crippen LogP contribution in [-0.2, 0) is 0 Å². The zero-order valence-electron chi connectivity index (χ0n) is 8.66. The molecule has 0 fully saturated rings. The minimum absolute atomic E-state index is 0.150. The quantitative estimate of drug-likeness (QED) is 0.507. The van der Waals surface area contributed by atoms with Gasteiger partial charge in [-0.05, 0) is 12.1 Å². The molecule has 3 rings (SSSR count). The van der Waals surface area contributed by atoms with Crippen LogP contribution in [0, 0.1) is 0 Å². The Morgan fingerprint density at radius 1 is 1.22 bits per heavy atom. The van der Waals surface area contributed by atoms with E-state index in [0.29, 0.717) is 10.4 Å². The lowest BCUT2D eigenvalue weighted by molar-refractivity contribution is 0.568. The summed E-state index contributed by atoms with van der Waals surface area (Å²) in [4.78, 5) is 29.6. The Balaban J connectivity index is 2.74. The molecule has 2 aromatic heterocycles. The lowest BCUT2D eigenvalue weighted by Gasteiger charge is -2.02. The maximum Gasteiger partial charge on any atom is 0.351 e. The molecule has 0 aliphatic heterocycles. The van der Waals surface area contributed by atoms with Gasteiger partial charge in [-0.25, -0.2) is 9.78 Å². The average Bonchev–Trinajstić information content (AvgIpc) is 2.31. The number of nitrogens with one attached hydrogen (secondary N) is 1. The van der Waals surface area contributed by atoms with Crippen LogP contribution in [0.3, 0.4) is 0 Å². The van der Waals surface area contributed by atoms with Gasteiger partial charge in [-0.2, -0.15) is 0 Å². The van der Waals surface area contributed by atoms with Crippen LogP contribution in [0.1, 0.15) is 0 Å². The van der Waals surface area contributed by atoms with Crippen molar-refractivity contribution in [1.82, 2.24) is 9.97 Å². The molecule has 0 saturated carbocycles. The number of aromatic amines is 1. The van der Waals surface area contributed by atoms with Gasteiger partial charge in [0.1, 0.15) is 0 Å². The Bertz CT molecular complexity index is 898. The number of benzene rings is 1. The van der Waals surface area contributed by atoms with E-state index in [1.807, 2.05) is 0 Å². The molecule has 3 aromatic rings. The summed E-state index contributed by atoms with van der Waals surface area (Å²) in [6.45, 7) is 0. The summed E-state index contributed by atoms with van der Waals surface area (Å²) in [5.74, 6) is 0. The molecule has 0 aliphatic rings.